The van der Waals surface area contributed by atoms with E-state index in [1.807, 2.05) is 0 Å². The molecule has 1 rings (SSSR count). The normalized spacial score (nSPS) is 14.1. The van der Waals surface area contributed by atoms with E-state index in [9.17, 15) is 4.79 Å². The highest BCUT2D eigenvalue weighted by Gasteiger charge is 2.28. The van der Waals surface area contributed by atoms with Gasteiger partial charge in [0.2, 0.25) is 0 Å². The van der Waals surface area contributed by atoms with Crippen molar-refractivity contribution in [3.8, 4) is 0 Å². The van der Waals surface area contributed by atoms with Gasteiger partial charge in [-0.25, -0.2) is 0 Å². The molecular formula is C70H143N5O. The van der Waals surface area contributed by atoms with Crippen LogP contribution in [0.25, 0.3) is 0 Å². The Morgan fingerprint density at radius 2 is 0.500 bits per heavy atom. The van der Waals surface area contributed by atoms with Gasteiger partial charge >= 0.3 is 0 Å². The van der Waals surface area contributed by atoms with E-state index in [0.717, 1.165) is 39.3 Å². The summed E-state index contributed by atoms with van der Waals surface area (Å²) in [7, 11) is 0. The molecule has 0 spiro atoms. The van der Waals surface area contributed by atoms with Gasteiger partial charge in [-0.15, -0.1) is 0 Å². The molecule has 0 bridgehead atoms. The fourth-order valence-corrected chi connectivity index (χ4v) is 12.3. The van der Waals surface area contributed by atoms with E-state index in [-0.39, 0.29) is 6.17 Å². The van der Waals surface area contributed by atoms with Crippen molar-refractivity contribution in [2.75, 3.05) is 85.1 Å². The standard InChI is InChI=1S/C70H143N5O/c1-6-11-16-21-26-31-36-41-46-51-56-71(57-52-47-42-37-32-27-22-17-12-7-2)61-62-72(58-53-48-43-38-33-28-23-18-13-8-3)63-64-73-65-67-75(68-66-73)70(69-76)74(59-54-49-44-39-34-29-24-19-14-9-4)60-55-50-45-40-35-30-25-20-15-10-5/h69-70H,6-68H2,1-5H3/t70-/m0/s1. The fraction of sp³-hybridized carbons (Fsp3) is 0.986. The first-order valence-corrected chi connectivity index (χ1v) is 35.7. The van der Waals surface area contributed by atoms with Crippen LogP contribution in [0.3, 0.4) is 0 Å². The number of aldehydes is 1. The van der Waals surface area contributed by atoms with Crippen molar-refractivity contribution in [2.45, 2.75) is 362 Å². The quantitative estimate of drug-likeness (QED) is 0.0446. The molecule has 1 heterocycles. The highest BCUT2D eigenvalue weighted by molar-refractivity contribution is 5.57. The lowest BCUT2D eigenvalue weighted by molar-refractivity contribution is -0.120. The second-order valence-electron chi connectivity index (χ2n) is 25.1. The van der Waals surface area contributed by atoms with Crippen LogP contribution in [0.5, 0.6) is 0 Å². The van der Waals surface area contributed by atoms with Crippen molar-refractivity contribution in [1.29, 1.82) is 0 Å². The molecule has 6 nitrogen and oxygen atoms in total. The smallest absolute Gasteiger partial charge is 0.151 e. The van der Waals surface area contributed by atoms with Gasteiger partial charge in [0.15, 0.2) is 6.29 Å². The summed E-state index contributed by atoms with van der Waals surface area (Å²) in [6.07, 6.45) is 71.3. The second-order valence-corrected chi connectivity index (χ2v) is 25.1. The second kappa shape index (κ2) is 60.6. The van der Waals surface area contributed by atoms with Crippen LogP contribution in [0.15, 0.2) is 0 Å². The van der Waals surface area contributed by atoms with Crippen LogP contribution in [0, 0.1) is 0 Å². The Labute approximate surface area is 480 Å². The molecule has 0 N–H and O–H groups in total. The van der Waals surface area contributed by atoms with Gasteiger partial charge in [-0.2, -0.15) is 0 Å². The average molecular weight is 1070 g/mol. The topological polar surface area (TPSA) is 33.3 Å². The number of carbonyl (C=O) groups is 1. The Balaban J connectivity index is 2.86. The van der Waals surface area contributed by atoms with E-state index in [1.54, 1.807) is 0 Å². The molecule has 1 saturated heterocycles. The lowest BCUT2D eigenvalue weighted by Gasteiger charge is -2.42. The van der Waals surface area contributed by atoms with Gasteiger partial charge in [-0.3, -0.25) is 14.7 Å². The lowest BCUT2D eigenvalue weighted by atomic mass is 10.1. The molecule has 0 aromatic carbocycles. The molecule has 0 aromatic heterocycles. The zero-order valence-electron chi connectivity index (χ0n) is 53.3. The molecule has 1 fully saturated rings. The van der Waals surface area contributed by atoms with E-state index < -0.39 is 0 Å². The SMILES string of the molecule is CCCCCCCCCCCCN(CCCCCCCCCCCC)CCN(CCCCCCCCCCCC)CCN1CCN([C@@H](C=O)N(CCCCCCCCCCCC)CCCCCCCCCCCC)CC1. The van der Waals surface area contributed by atoms with Crippen LogP contribution in [0.2, 0.25) is 0 Å². The molecule has 1 atom stereocenters. The monoisotopic (exact) mass is 1070 g/mol. The lowest BCUT2D eigenvalue weighted by Crippen LogP contribution is -2.57. The van der Waals surface area contributed by atoms with Crippen molar-refractivity contribution in [3.63, 3.8) is 0 Å². The number of carbonyl (C=O) groups excluding carboxylic acids is 1. The molecule has 1 aliphatic heterocycles. The fourth-order valence-electron chi connectivity index (χ4n) is 12.3. The summed E-state index contributed by atoms with van der Waals surface area (Å²) >= 11 is 0. The zero-order chi connectivity index (χ0) is 54.7. The van der Waals surface area contributed by atoms with Crippen LogP contribution in [-0.4, -0.2) is 122 Å². The molecule has 0 unspecified atom stereocenters. The number of rotatable bonds is 64. The predicted octanol–water partition coefficient (Wildman–Crippen LogP) is 20.6. The average Bonchev–Trinajstić information content (AvgIpc) is 3.44. The molecule has 454 valence electrons. The number of hydrogen-bond donors (Lipinski definition) is 0. The molecular weight excluding hydrogens is 927 g/mol. The molecule has 1 aliphatic rings. The van der Waals surface area contributed by atoms with Crippen molar-refractivity contribution in [3.05, 3.63) is 0 Å². The number of piperazine rings is 1. The van der Waals surface area contributed by atoms with Crippen molar-refractivity contribution in [2.24, 2.45) is 0 Å². The first kappa shape index (κ1) is 73.5. The summed E-state index contributed by atoms with van der Waals surface area (Å²) in [5, 5.41) is 0. The predicted molar refractivity (Wildman–Crippen MR) is 342 cm³/mol. The zero-order valence-corrected chi connectivity index (χ0v) is 53.3. The van der Waals surface area contributed by atoms with Crippen LogP contribution in [0.4, 0.5) is 0 Å². The van der Waals surface area contributed by atoms with Gasteiger partial charge < -0.3 is 14.6 Å². The van der Waals surface area contributed by atoms with E-state index in [4.69, 9.17) is 0 Å². The maximum Gasteiger partial charge on any atom is 0.151 e. The first-order chi connectivity index (χ1) is 37.6. The molecule has 0 amide bonds. The molecule has 6 heteroatoms. The van der Waals surface area contributed by atoms with Gasteiger partial charge in [0.25, 0.3) is 0 Å². The van der Waals surface area contributed by atoms with Gasteiger partial charge in [-0.05, 0) is 51.7 Å². The largest absolute Gasteiger partial charge is 0.302 e. The summed E-state index contributed by atoms with van der Waals surface area (Å²) in [5.41, 5.74) is 0. The molecule has 0 saturated carbocycles. The minimum atomic E-state index is -0.0517. The number of unbranched alkanes of at least 4 members (excludes halogenated alkanes) is 45. The third kappa shape index (κ3) is 48.2. The Kier molecular flexibility index (Phi) is 58.6. The maximum absolute atomic E-state index is 13.1. The van der Waals surface area contributed by atoms with E-state index in [0.29, 0.717) is 0 Å². The van der Waals surface area contributed by atoms with E-state index in [1.165, 1.54) is 373 Å². The summed E-state index contributed by atoms with van der Waals surface area (Å²) in [6.45, 7) is 26.8. The van der Waals surface area contributed by atoms with Gasteiger partial charge in [-0.1, -0.05) is 324 Å². The highest BCUT2D eigenvalue weighted by atomic mass is 16.1. The van der Waals surface area contributed by atoms with Crippen LogP contribution < -0.4 is 0 Å². The summed E-state index contributed by atoms with van der Waals surface area (Å²) in [5.74, 6) is 0. The molecule has 76 heavy (non-hydrogen) atoms. The van der Waals surface area contributed by atoms with Gasteiger partial charge in [0, 0.05) is 65.4 Å². The van der Waals surface area contributed by atoms with E-state index >= 15 is 0 Å². The highest BCUT2D eigenvalue weighted by Crippen LogP contribution is 2.19. The molecule has 0 radical (unpaired) electrons. The summed E-state index contributed by atoms with van der Waals surface area (Å²) in [6, 6.07) is 0. The third-order valence-electron chi connectivity index (χ3n) is 17.8. The Morgan fingerprint density at radius 1 is 0.276 bits per heavy atom. The van der Waals surface area contributed by atoms with Gasteiger partial charge in [0.1, 0.15) is 6.17 Å². The molecule has 0 aromatic rings. The van der Waals surface area contributed by atoms with Crippen LogP contribution >= 0.6 is 0 Å². The molecule has 0 aliphatic carbocycles. The van der Waals surface area contributed by atoms with Crippen LogP contribution in [-0.2, 0) is 4.79 Å². The summed E-state index contributed by atoms with van der Waals surface area (Å²) in [4.78, 5) is 26.8. The number of nitrogens with zero attached hydrogens (tertiary/aromatic N) is 5. The number of hydrogen-bond acceptors (Lipinski definition) is 6. The Morgan fingerprint density at radius 3 is 0.750 bits per heavy atom. The van der Waals surface area contributed by atoms with Crippen molar-refractivity contribution < 1.29 is 4.79 Å². The minimum absolute atomic E-state index is 0.0517. The van der Waals surface area contributed by atoms with Crippen molar-refractivity contribution in [1.82, 2.24) is 24.5 Å². The summed E-state index contributed by atoms with van der Waals surface area (Å²) < 4.78 is 0. The Hall–Kier alpha value is -0.530. The third-order valence-corrected chi connectivity index (χ3v) is 17.8. The van der Waals surface area contributed by atoms with Gasteiger partial charge in [0.05, 0.1) is 0 Å². The van der Waals surface area contributed by atoms with Crippen LogP contribution in [0.1, 0.15) is 356 Å². The Bertz CT molecular complexity index is 1050. The minimum Gasteiger partial charge on any atom is -0.302 e. The maximum atomic E-state index is 13.1. The van der Waals surface area contributed by atoms with E-state index in [2.05, 4.69) is 59.1 Å². The van der Waals surface area contributed by atoms with Crippen molar-refractivity contribution >= 4 is 6.29 Å². The first-order valence-electron chi connectivity index (χ1n) is 35.7.